The topological polar surface area (TPSA) is 57.7 Å². The largest absolute Gasteiger partial charge is 0.282 e. The van der Waals surface area contributed by atoms with Crippen LogP contribution in [0.4, 0.5) is 0 Å². The number of carbonyl (C=O) groups excluding carboxylic acids is 1. The van der Waals surface area contributed by atoms with Gasteiger partial charge in [0, 0.05) is 20.6 Å². The second-order valence-corrected chi connectivity index (χ2v) is 5.83. The molecule has 0 aromatic heterocycles. The van der Waals surface area contributed by atoms with Crippen molar-refractivity contribution < 1.29 is 13.2 Å². The third-order valence-corrected chi connectivity index (χ3v) is 4.43. The molecule has 1 fully saturated rings. The molecule has 0 aliphatic carbocycles. The van der Waals surface area contributed by atoms with Crippen molar-refractivity contribution in [3.63, 3.8) is 0 Å². The van der Waals surface area contributed by atoms with E-state index in [2.05, 4.69) is 0 Å². The van der Waals surface area contributed by atoms with Gasteiger partial charge in [-0.1, -0.05) is 0 Å². The van der Waals surface area contributed by atoms with Crippen molar-refractivity contribution in [3.05, 3.63) is 0 Å². The van der Waals surface area contributed by atoms with Crippen molar-refractivity contribution in [3.8, 4) is 0 Å². The van der Waals surface area contributed by atoms with E-state index in [1.807, 2.05) is 0 Å². The molecule has 1 rings (SSSR count). The molecule has 1 heterocycles. The Labute approximate surface area is 88.8 Å². The maximum absolute atomic E-state index is 11.7. The molecule has 82 valence electrons. The molecule has 1 aliphatic rings. The van der Waals surface area contributed by atoms with Gasteiger partial charge in [0.2, 0.25) is 5.24 Å². The van der Waals surface area contributed by atoms with Crippen LogP contribution in [0, 0.1) is 0 Å². The quantitative estimate of drug-likeness (QED) is 0.654. The zero-order valence-electron chi connectivity index (χ0n) is 8.10. The van der Waals surface area contributed by atoms with Crippen LogP contribution >= 0.6 is 11.6 Å². The van der Waals surface area contributed by atoms with E-state index in [1.54, 1.807) is 0 Å². The summed E-state index contributed by atoms with van der Waals surface area (Å²) < 4.78 is 25.6. The monoisotopic (exact) mass is 240 g/mol. The minimum atomic E-state index is -3.51. The third kappa shape index (κ3) is 2.08. The molecule has 0 spiro atoms. The van der Waals surface area contributed by atoms with E-state index >= 15 is 0 Å². The van der Waals surface area contributed by atoms with E-state index in [0.717, 1.165) is 8.61 Å². The molecule has 5 nitrogen and oxygen atoms in total. The zero-order valence-corrected chi connectivity index (χ0v) is 9.68. The van der Waals surface area contributed by atoms with Gasteiger partial charge >= 0.3 is 0 Å². The summed E-state index contributed by atoms with van der Waals surface area (Å²) in [6.07, 6.45) is 1.19. The minimum Gasteiger partial charge on any atom is -0.279 e. The fraction of sp³-hybridized carbons (Fsp3) is 0.857. The van der Waals surface area contributed by atoms with Crippen LogP contribution in [-0.4, -0.2) is 49.0 Å². The number of halogens is 1. The van der Waals surface area contributed by atoms with E-state index in [1.165, 1.54) is 14.1 Å². The van der Waals surface area contributed by atoms with Gasteiger partial charge in [0.1, 0.15) is 6.04 Å². The second-order valence-electron chi connectivity index (χ2n) is 3.36. The number of rotatable bonds is 3. The summed E-state index contributed by atoms with van der Waals surface area (Å²) in [5, 5.41) is -0.604. The normalized spacial score (nSPS) is 24.4. The summed E-state index contributed by atoms with van der Waals surface area (Å²) in [5.74, 6) is 0. The smallest absolute Gasteiger partial charge is 0.279 e. The Morgan fingerprint density at radius 1 is 1.50 bits per heavy atom. The van der Waals surface area contributed by atoms with Crippen LogP contribution in [0.2, 0.25) is 0 Å². The molecule has 1 unspecified atom stereocenters. The molecule has 0 amide bonds. The number of nitrogens with zero attached hydrogens (tertiary/aromatic N) is 2. The minimum absolute atomic E-state index is 0.365. The van der Waals surface area contributed by atoms with Gasteiger partial charge in [-0.2, -0.15) is 17.0 Å². The lowest BCUT2D eigenvalue weighted by Crippen LogP contribution is -2.44. The van der Waals surface area contributed by atoms with Gasteiger partial charge in [0.25, 0.3) is 10.2 Å². The first-order valence-corrected chi connectivity index (χ1v) is 6.03. The first-order chi connectivity index (χ1) is 6.37. The molecule has 0 saturated carbocycles. The molecule has 1 saturated heterocycles. The van der Waals surface area contributed by atoms with Crippen LogP contribution in [0.5, 0.6) is 0 Å². The molecule has 7 heteroatoms. The fourth-order valence-corrected chi connectivity index (χ4v) is 3.04. The molecule has 0 aromatic rings. The highest BCUT2D eigenvalue weighted by Crippen LogP contribution is 2.23. The highest BCUT2D eigenvalue weighted by atomic mass is 35.5. The average Bonchev–Trinajstić information content (AvgIpc) is 2.51. The predicted molar refractivity (Wildman–Crippen MR) is 53.2 cm³/mol. The lowest BCUT2D eigenvalue weighted by atomic mass is 10.2. The van der Waals surface area contributed by atoms with Crippen molar-refractivity contribution in [1.29, 1.82) is 0 Å². The van der Waals surface area contributed by atoms with Crippen LogP contribution in [0.15, 0.2) is 0 Å². The van der Waals surface area contributed by atoms with Crippen molar-refractivity contribution in [2.24, 2.45) is 0 Å². The van der Waals surface area contributed by atoms with Crippen LogP contribution in [0.3, 0.4) is 0 Å². The van der Waals surface area contributed by atoms with Gasteiger partial charge in [-0.3, -0.25) is 4.79 Å². The third-order valence-electron chi connectivity index (χ3n) is 2.22. The van der Waals surface area contributed by atoms with Crippen LogP contribution in [0.25, 0.3) is 0 Å². The summed E-state index contributed by atoms with van der Waals surface area (Å²) in [6.45, 7) is 0.365. The van der Waals surface area contributed by atoms with Gasteiger partial charge in [-0.05, 0) is 24.4 Å². The Hall–Kier alpha value is -0.170. The van der Waals surface area contributed by atoms with Gasteiger partial charge in [-0.25, -0.2) is 0 Å². The van der Waals surface area contributed by atoms with Gasteiger partial charge in [-0.15, -0.1) is 0 Å². The standard InChI is InChI=1S/C7H13ClN2O3S/c1-9(2)14(12,13)10-5-3-4-6(10)7(8)11/h6H,3-5H2,1-2H3. The first kappa shape index (κ1) is 11.9. The molecule has 0 N–H and O–H groups in total. The van der Waals surface area contributed by atoms with Crippen molar-refractivity contribution >= 4 is 27.1 Å². The van der Waals surface area contributed by atoms with E-state index in [0.29, 0.717) is 19.4 Å². The van der Waals surface area contributed by atoms with Crippen molar-refractivity contribution in [1.82, 2.24) is 8.61 Å². The Morgan fingerprint density at radius 2 is 2.07 bits per heavy atom. The van der Waals surface area contributed by atoms with Crippen molar-refractivity contribution in [2.75, 3.05) is 20.6 Å². The van der Waals surface area contributed by atoms with Gasteiger partial charge in [0.05, 0.1) is 0 Å². The van der Waals surface area contributed by atoms with E-state index in [-0.39, 0.29) is 0 Å². The van der Waals surface area contributed by atoms with Crippen LogP contribution in [0.1, 0.15) is 12.8 Å². The number of carbonyl (C=O) groups is 1. The summed E-state index contributed by atoms with van der Waals surface area (Å²) in [5.41, 5.74) is 0. The molecule has 0 aromatic carbocycles. The number of hydrogen-bond donors (Lipinski definition) is 0. The van der Waals surface area contributed by atoms with E-state index in [4.69, 9.17) is 11.6 Å². The maximum Gasteiger partial charge on any atom is 0.282 e. The van der Waals surface area contributed by atoms with Crippen LogP contribution in [-0.2, 0) is 15.0 Å². The van der Waals surface area contributed by atoms with Gasteiger partial charge < -0.3 is 0 Å². The Bertz CT molecular complexity index is 328. The van der Waals surface area contributed by atoms with Gasteiger partial charge in [0.15, 0.2) is 0 Å². The lowest BCUT2D eigenvalue weighted by molar-refractivity contribution is -0.114. The maximum atomic E-state index is 11.7. The fourth-order valence-electron chi connectivity index (χ4n) is 1.45. The van der Waals surface area contributed by atoms with E-state index < -0.39 is 21.5 Å². The molecule has 1 aliphatic heterocycles. The first-order valence-electron chi connectivity index (χ1n) is 4.26. The summed E-state index contributed by atoms with van der Waals surface area (Å²) >= 11 is 5.33. The second kappa shape index (κ2) is 4.14. The molecule has 14 heavy (non-hydrogen) atoms. The molecular weight excluding hydrogens is 228 g/mol. The molecule has 0 bridgehead atoms. The highest BCUT2D eigenvalue weighted by molar-refractivity contribution is 7.86. The lowest BCUT2D eigenvalue weighted by Gasteiger charge is -2.24. The average molecular weight is 241 g/mol. The Kier molecular flexibility index (Phi) is 3.52. The van der Waals surface area contributed by atoms with E-state index in [9.17, 15) is 13.2 Å². The Balaban J connectivity index is 2.93. The highest BCUT2D eigenvalue weighted by Gasteiger charge is 2.38. The summed E-state index contributed by atoms with van der Waals surface area (Å²) in [7, 11) is -0.642. The summed E-state index contributed by atoms with van der Waals surface area (Å²) in [4.78, 5) is 11.0. The zero-order chi connectivity index (χ0) is 10.9. The predicted octanol–water partition coefficient (Wildman–Crippen LogP) is 0.0226. The SMILES string of the molecule is CN(C)S(=O)(=O)N1CCCC1C(=O)Cl. The number of hydrogen-bond acceptors (Lipinski definition) is 3. The van der Waals surface area contributed by atoms with Crippen molar-refractivity contribution in [2.45, 2.75) is 18.9 Å². The molecule has 0 radical (unpaired) electrons. The molecule has 1 atom stereocenters. The Morgan fingerprint density at radius 3 is 2.50 bits per heavy atom. The van der Waals surface area contributed by atoms with Crippen LogP contribution < -0.4 is 0 Å². The molecular formula is C7H13ClN2O3S. The summed E-state index contributed by atoms with van der Waals surface area (Å²) in [6, 6.07) is -0.691.